The van der Waals surface area contributed by atoms with Gasteiger partial charge in [-0.2, -0.15) is 10.2 Å². The van der Waals surface area contributed by atoms with Crippen LogP contribution in [0.25, 0.3) is 65.7 Å². The lowest BCUT2D eigenvalue weighted by Gasteiger charge is -2.19. The second kappa shape index (κ2) is 7.61. The number of imidazole rings is 2. The Balaban J connectivity index is 1.29. The van der Waals surface area contributed by atoms with Crippen molar-refractivity contribution in [2.75, 3.05) is 0 Å². The summed E-state index contributed by atoms with van der Waals surface area (Å²) in [7, 11) is 0. The maximum absolute atomic E-state index is 6.26. The van der Waals surface area contributed by atoms with Gasteiger partial charge in [0.15, 0.2) is 0 Å². The smallest absolute Gasteiger partial charge is 0.137 e. The molecule has 0 spiro atoms. The Kier molecular flexibility index (Phi) is 4.27. The van der Waals surface area contributed by atoms with Gasteiger partial charge < -0.3 is 14.7 Å². The highest BCUT2D eigenvalue weighted by Gasteiger charge is 2.24. The second-order valence-corrected chi connectivity index (χ2v) is 10.4. The van der Waals surface area contributed by atoms with Gasteiger partial charge in [-0.3, -0.25) is 0 Å². The van der Waals surface area contributed by atoms with Gasteiger partial charge >= 0.3 is 0 Å². The summed E-state index contributed by atoms with van der Waals surface area (Å²) in [6, 6.07) is 17.5. The van der Waals surface area contributed by atoms with Gasteiger partial charge in [0.1, 0.15) is 24.0 Å². The number of aryl methyl sites for hydroxylation is 1. The fourth-order valence-electron chi connectivity index (χ4n) is 5.77. The van der Waals surface area contributed by atoms with E-state index in [1.54, 1.807) is 6.20 Å². The molecule has 1 aliphatic heterocycles. The number of nitrogens with zero attached hydrogens (tertiary/aromatic N) is 4. The van der Waals surface area contributed by atoms with Gasteiger partial charge in [0, 0.05) is 33.0 Å². The van der Waals surface area contributed by atoms with Gasteiger partial charge in [-0.25, -0.2) is 9.97 Å². The number of ether oxygens (including phenoxy) is 1. The average molecular weight is 497 g/mol. The molecule has 4 heterocycles. The summed E-state index contributed by atoms with van der Waals surface area (Å²) in [5, 5.41) is 14.9. The van der Waals surface area contributed by atoms with E-state index in [1.807, 2.05) is 13.1 Å². The molecule has 3 aromatic heterocycles. The van der Waals surface area contributed by atoms with E-state index in [1.165, 1.54) is 0 Å². The molecule has 0 amide bonds. The van der Waals surface area contributed by atoms with E-state index >= 15 is 0 Å². The van der Waals surface area contributed by atoms with E-state index in [2.05, 4.69) is 82.5 Å². The zero-order chi connectivity index (χ0) is 25.5. The molecule has 1 aliphatic rings. The van der Waals surface area contributed by atoms with Crippen LogP contribution in [0.2, 0.25) is 0 Å². The molecule has 0 aliphatic carbocycles. The first-order valence-corrected chi connectivity index (χ1v) is 12.9. The number of aromatic amines is 2. The summed E-state index contributed by atoms with van der Waals surface area (Å²) in [6.45, 7) is 6.78. The van der Waals surface area contributed by atoms with Gasteiger partial charge in [0.25, 0.3) is 0 Å². The zero-order valence-corrected chi connectivity index (χ0v) is 21.3. The van der Waals surface area contributed by atoms with Crippen molar-refractivity contribution < 1.29 is 4.74 Å². The Morgan fingerprint density at radius 2 is 1.58 bits per heavy atom. The van der Waals surface area contributed by atoms with E-state index in [-0.39, 0.29) is 0 Å². The molecule has 184 valence electrons. The summed E-state index contributed by atoms with van der Waals surface area (Å²) in [5.74, 6) is 3.13. The Morgan fingerprint density at radius 1 is 0.789 bits per heavy atom. The SMILES string of the molecule is Cc1nc2c3cnncc3c3cc(-c4ccc5c6c(ccc5c4)-c4nc(C(C)C)[nH]c4CO6)ccc3c2[nH]1. The van der Waals surface area contributed by atoms with E-state index < -0.39 is 0 Å². The normalized spacial score (nSPS) is 12.9. The molecule has 0 radical (unpaired) electrons. The van der Waals surface area contributed by atoms with Crippen LogP contribution < -0.4 is 4.74 Å². The van der Waals surface area contributed by atoms with Crippen molar-refractivity contribution in [3.8, 4) is 28.1 Å². The number of hydrogen-bond donors (Lipinski definition) is 2. The van der Waals surface area contributed by atoms with Crippen molar-refractivity contribution in [1.29, 1.82) is 0 Å². The fraction of sp³-hybridized carbons (Fsp3) is 0.161. The molecule has 0 saturated carbocycles. The van der Waals surface area contributed by atoms with Crippen LogP contribution in [-0.4, -0.2) is 30.1 Å². The Morgan fingerprint density at radius 3 is 2.42 bits per heavy atom. The summed E-state index contributed by atoms with van der Waals surface area (Å²) in [4.78, 5) is 16.5. The van der Waals surface area contributed by atoms with Crippen LogP contribution in [0.3, 0.4) is 0 Å². The third-order valence-electron chi connectivity index (χ3n) is 7.65. The van der Waals surface area contributed by atoms with Crippen LogP contribution in [0.4, 0.5) is 0 Å². The third-order valence-corrected chi connectivity index (χ3v) is 7.65. The topological polar surface area (TPSA) is 92.4 Å². The number of fused-ring (bicyclic) bond motifs is 11. The minimum atomic E-state index is 0.339. The summed E-state index contributed by atoms with van der Waals surface area (Å²) in [6.07, 6.45) is 3.64. The maximum Gasteiger partial charge on any atom is 0.137 e. The predicted octanol–water partition coefficient (Wildman–Crippen LogP) is 7.19. The molecule has 0 bridgehead atoms. The van der Waals surface area contributed by atoms with Gasteiger partial charge in [0.2, 0.25) is 0 Å². The lowest BCUT2D eigenvalue weighted by molar-refractivity contribution is 0.301. The largest absolute Gasteiger partial charge is 0.486 e. The van der Waals surface area contributed by atoms with Crippen molar-refractivity contribution >= 4 is 43.4 Å². The molecule has 0 unspecified atom stereocenters. The van der Waals surface area contributed by atoms with Crippen LogP contribution in [0.1, 0.15) is 37.1 Å². The first kappa shape index (κ1) is 21.3. The first-order valence-electron chi connectivity index (χ1n) is 12.9. The molecule has 7 heteroatoms. The second-order valence-electron chi connectivity index (χ2n) is 10.4. The number of aromatic nitrogens is 6. The molecular weight excluding hydrogens is 472 g/mol. The molecule has 0 atom stereocenters. The molecule has 0 saturated heterocycles. The highest BCUT2D eigenvalue weighted by Crippen LogP contribution is 2.43. The van der Waals surface area contributed by atoms with Crippen LogP contribution in [0, 0.1) is 6.92 Å². The Labute approximate surface area is 217 Å². The number of H-pyrrole nitrogens is 2. The van der Waals surface area contributed by atoms with Crippen molar-refractivity contribution in [3.05, 3.63) is 78.3 Å². The quantitative estimate of drug-likeness (QED) is 0.247. The van der Waals surface area contributed by atoms with Crippen molar-refractivity contribution in [1.82, 2.24) is 30.1 Å². The van der Waals surface area contributed by atoms with E-state index in [4.69, 9.17) is 14.7 Å². The Hall–Kier alpha value is -4.78. The zero-order valence-electron chi connectivity index (χ0n) is 21.3. The van der Waals surface area contributed by atoms with Crippen LogP contribution in [0.15, 0.2) is 60.9 Å². The molecule has 4 aromatic carbocycles. The molecule has 7 aromatic rings. The lowest BCUT2D eigenvalue weighted by Crippen LogP contribution is -2.05. The number of rotatable bonds is 2. The number of benzene rings is 4. The Bertz CT molecular complexity index is 2080. The molecule has 2 N–H and O–H groups in total. The van der Waals surface area contributed by atoms with Gasteiger partial charge in [-0.05, 0) is 47.0 Å². The van der Waals surface area contributed by atoms with Crippen molar-refractivity contribution in [2.24, 2.45) is 0 Å². The monoisotopic (exact) mass is 496 g/mol. The van der Waals surface area contributed by atoms with Crippen molar-refractivity contribution in [2.45, 2.75) is 33.3 Å². The molecule has 38 heavy (non-hydrogen) atoms. The van der Waals surface area contributed by atoms with Gasteiger partial charge in [-0.15, -0.1) is 0 Å². The molecular formula is C31H24N6O. The highest BCUT2D eigenvalue weighted by molar-refractivity contribution is 6.23. The average Bonchev–Trinajstić information content (AvgIpc) is 3.56. The maximum atomic E-state index is 6.26. The van der Waals surface area contributed by atoms with Crippen LogP contribution >= 0.6 is 0 Å². The third kappa shape index (κ3) is 2.96. The minimum absolute atomic E-state index is 0.339. The fourth-order valence-corrected chi connectivity index (χ4v) is 5.77. The minimum Gasteiger partial charge on any atom is -0.486 e. The van der Waals surface area contributed by atoms with Crippen LogP contribution in [0.5, 0.6) is 5.75 Å². The number of hydrogen-bond acceptors (Lipinski definition) is 5. The molecule has 8 rings (SSSR count). The van der Waals surface area contributed by atoms with E-state index in [9.17, 15) is 0 Å². The van der Waals surface area contributed by atoms with Gasteiger partial charge in [0.05, 0.1) is 34.8 Å². The highest BCUT2D eigenvalue weighted by atomic mass is 16.5. The standard InChI is InChI=1S/C31H24N6O/c1-15(2)31-36-26-14-38-30-20-7-4-17(10-19(20)6-9-22(30)27(26)37-31)18-5-8-21-23(11-18)24-12-32-33-13-25(24)29-28(21)34-16(3)35-29/h4-13,15H,14H2,1-3H3,(H,34,35)(H,36,37). The molecule has 0 fully saturated rings. The number of nitrogens with one attached hydrogen (secondary N) is 2. The summed E-state index contributed by atoms with van der Waals surface area (Å²) >= 11 is 0. The van der Waals surface area contributed by atoms with Gasteiger partial charge in [-0.1, -0.05) is 44.2 Å². The summed E-state index contributed by atoms with van der Waals surface area (Å²) < 4.78 is 6.26. The van der Waals surface area contributed by atoms with Crippen LogP contribution in [-0.2, 0) is 6.61 Å². The lowest BCUT2D eigenvalue weighted by atomic mass is 9.94. The predicted molar refractivity (Wildman–Crippen MR) is 150 cm³/mol. The summed E-state index contributed by atoms with van der Waals surface area (Å²) in [5.41, 5.74) is 7.36. The van der Waals surface area contributed by atoms with E-state index in [0.717, 1.165) is 88.8 Å². The molecule has 7 nitrogen and oxygen atoms in total. The van der Waals surface area contributed by atoms with E-state index in [0.29, 0.717) is 12.5 Å². The first-order chi connectivity index (χ1) is 18.5. The van der Waals surface area contributed by atoms with Crippen molar-refractivity contribution in [3.63, 3.8) is 0 Å².